The third-order valence-electron chi connectivity index (χ3n) is 4.39. The number of hydrogen-bond donors (Lipinski definition) is 1. The Hall–Kier alpha value is -3.90. The maximum absolute atomic E-state index is 13.3. The van der Waals surface area contributed by atoms with Gasteiger partial charge in [-0.05, 0) is 67.1 Å². The topological polar surface area (TPSA) is 105 Å². The van der Waals surface area contributed by atoms with Gasteiger partial charge in [-0.2, -0.15) is 5.26 Å². The number of hydrogen-bond acceptors (Lipinski definition) is 6. The minimum absolute atomic E-state index is 0.0224. The smallest absolute Gasteiger partial charge is 0.340 e. The summed E-state index contributed by atoms with van der Waals surface area (Å²) < 4.78 is 51.8. The van der Waals surface area contributed by atoms with Crippen molar-refractivity contribution in [2.24, 2.45) is 0 Å². The second kappa shape index (κ2) is 9.94. The maximum Gasteiger partial charge on any atom is 0.340 e. The average molecular weight is 454 g/mol. The van der Waals surface area contributed by atoms with Gasteiger partial charge in [0, 0.05) is 0 Å². The van der Waals surface area contributed by atoms with Crippen molar-refractivity contribution in [3.8, 4) is 11.8 Å². The predicted molar refractivity (Wildman–Crippen MR) is 115 cm³/mol. The van der Waals surface area contributed by atoms with Gasteiger partial charge in [0.15, 0.2) is 0 Å². The fourth-order valence-electron chi connectivity index (χ4n) is 2.86. The van der Waals surface area contributed by atoms with Crippen molar-refractivity contribution in [1.82, 2.24) is 0 Å². The largest absolute Gasteiger partial charge is 0.490 e. The molecule has 0 saturated heterocycles. The van der Waals surface area contributed by atoms with Gasteiger partial charge in [0.2, 0.25) is 0 Å². The molecule has 32 heavy (non-hydrogen) atoms. The molecule has 0 aliphatic rings. The number of carbonyl (C=O) groups is 1. The van der Waals surface area contributed by atoms with Crippen molar-refractivity contribution in [2.45, 2.75) is 11.8 Å². The molecule has 1 N–H and O–H groups in total. The molecule has 0 saturated carbocycles. The number of nitriles is 1. The van der Waals surface area contributed by atoms with Gasteiger partial charge in [-0.1, -0.05) is 12.1 Å². The number of nitrogens with zero attached hydrogens (tertiary/aromatic N) is 1. The summed E-state index contributed by atoms with van der Waals surface area (Å²) in [5.74, 6) is -0.765. The summed E-state index contributed by atoms with van der Waals surface area (Å²) in [6, 6.07) is 17.8. The minimum atomic E-state index is -4.06. The molecule has 0 aliphatic carbocycles. The SMILES string of the molecule is Cc1cc(F)ccc1S(=O)(=O)Nc1ccccc1C(=O)OCCOc1ccc(C#N)cc1. The molecule has 3 rings (SSSR count). The number of sulfonamides is 1. The number of esters is 1. The predicted octanol–water partition coefficient (Wildman–Crippen LogP) is 4.04. The average Bonchev–Trinajstić information content (AvgIpc) is 2.77. The lowest BCUT2D eigenvalue weighted by molar-refractivity contribution is 0.0451. The van der Waals surface area contributed by atoms with Crippen LogP contribution in [0, 0.1) is 24.1 Å². The number of ether oxygens (including phenoxy) is 2. The van der Waals surface area contributed by atoms with Gasteiger partial charge in [0.25, 0.3) is 10.0 Å². The number of anilines is 1. The second-order valence-corrected chi connectivity index (χ2v) is 8.33. The van der Waals surface area contributed by atoms with Crippen LogP contribution in [0.25, 0.3) is 0 Å². The Labute approximate surface area is 185 Å². The molecule has 0 radical (unpaired) electrons. The normalized spacial score (nSPS) is 10.8. The third kappa shape index (κ3) is 5.62. The van der Waals surface area contributed by atoms with Crippen LogP contribution < -0.4 is 9.46 Å². The quantitative estimate of drug-likeness (QED) is 0.407. The Morgan fingerprint density at radius 2 is 1.78 bits per heavy atom. The zero-order chi connectivity index (χ0) is 23.1. The molecule has 0 atom stereocenters. The van der Waals surface area contributed by atoms with E-state index in [0.29, 0.717) is 11.3 Å². The van der Waals surface area contributed by atoms with Crippen LogP contribution >= 0.6 is 0 Å². The molecule has 0 fully saturated rings. The third-order valence-corrected chi connectivity index (χ3v) is 5.91. The first-order chi connectivity index (χ1) is 15.3. The standard InChI is InChI=1S/C23H19FN2O5S/c1-16-14-18(24)8-11-22(16)32(28,29)26-21-5-3-2-4-20(21)23(27)31-13-12-30-19-9-6-17(15-25)7-10-19/h2-11,14,26H,12-13H2,1H3. The molecule has 0 aliphatic heterocycles. The van der Waals surface area contributed by atoms with E-state index in [-0.39, 0.29) is 34.9 Å². The Balaban J connectivity index is 1.65. The molecular weight excluding hydrogens is 435 g/mol. The van der Waals surface area contributed by atoms with Crippen molar-refractivity contribution < 1.29 is 27.1 Å². The van der Waals surface area contributed by atoms with Crippen LogP contribution in [0.5, 0.6) is 5.75 Å². The van der Waals surface area contributed by atoms with Gasteiger partial charge in [0.05, 0.1) is 27.8 Å². The highest BCUT2D eigenvalue weighted by Crippen LogP contribution is 2.23. The summed E-state index contributed by atoms with van der Waals surface area (Å²) in [6.45, 7) is 1.48. The van der Waals surface area contributed by atoms with Gasteiger partial charge in [-0.3, -0.25) is 4.72 Å². The van der Waals surface area contributed by atoms with Crippen molar-refractivity contribution in [3.05, 3.63) is 89.2 Å². The maximum atomic E-state index is 13.3. The van der Waals surface area contributed by atoms with E-state index in [4.69, 9.17) is 14.7 Å². The number of rotatable bonds is 8. The van der Waals surface area contributed by atoms with E-state index in [1.807, 2.05) is 6.07 Å². The van der Waals surface area contributed by atoms with Crippen LogP contribution in [0.4, 0.5) is 10.1 Å². The molecule has 0 heterocycles. The van der Waals surface area contributed by atoms with Crippen molar-refractivity contribution in [2.75, 3.05) is 17.9 Å². The summed E-state index contributed by atoms with van der Waals surface area (Å²) in [5, 5.41) is 8.79. The van der Waals surface area contributed by atoms with Crippen LogP contribution in [0.2, 0.25) is 0 Å². The molecule has 0 spiro atoms. The zero-order valence-corrected chi connectivity index (χ0v) is 17.9. The molecule has 0 aromatic heterocycles. The Morgan fingerprint density at radius 3 is 2.47 bits per heavy atom. The highest BCUT2D eigenvalue weighted by molar-refractivity contribution is 7.92. The van der Waals surface area contributed by atoms with E-state index in [9.17, 15) is 17.6 Å². The van der Waals surface area contributed by atoms with Gasteiger partial charge >= 0.3 is 5.97 Å². The number of para-hydroxylation sites is 1. The van der Waals surface area contributed by atoms with Crippen molar-refractivity contribution >= 4 is 21.7 Å². The van der Waals surface area contributed by atoms with E-state index in [2.05, 4.69) is 4.72 Å². The van der Waals surface area contributed by atoms with E-state index in [1.54, 1.807) is 36.4 Å². The summed E-state index contributed by atoms with van der Waals surface area (Å²) in [4.78, 5) is 12.4. The fourth-order valence-corrected chi connectivity index (χ4v) is 4.17. The molecule has 164 valence electrons. The van der Waals surface area contributed by atoms with E-state index in [0.717, 1.165) is 18.2 Å². The summed E-state index contributed by atoms with van der Waals surface area (Å²) >= 11 is 0. The second-order valence-electron chi connectivity index (χ2n) is 6.68. The zero-order valence-electron chi connectivity index (χ0n) is 17.0. The number of benzene rings is 3. The van der Waals surface area contributed by atoms with Crippen molar-refractivity contribution in [1.29, 1.82) is 5.26 Å². The summed E-state index contributed by atoms with van der Waals surface area (Å²) in [6.07, 6.45) is 0. The first kappa shape index (κ1) is 22.8. The number of nitrogens with one attached hydrogen (secondary N) is 1. The summed E-state index contributed by atoms with van der Waals surface area (Å²) in [7, 11) is -4.06. The molecule has 0 bridgehead atoms. The number of carbonyl (C=O) groups excluding carboxylic acids is 1. The van der Waals surface area contributed by atoms with Gasteiger partial charge in [-0.15, -0.1) is 0 Å². The van der Waals surface area contributed by atoms with E-state index >= 15 is 0 Å². The molecule has 9 heteroatoms. The Morgan fingerprint density at radius 1 is 1.06 bits per heavy atom. The number of aryl methyl sites for hydroxylation is 1. The van der Waals surface area contributed by atoms with E-state index in [1.165, 1.54) is 19.1 Å². The molecule has 7 nitrogen and oxygen atoms in total. The van der Waals surface area contributed by atoms with E-state index < -0.39 is 21.8 Å². The fraction of sp³-hybridized carbons (Fsp3) is 0.130. The lowest BCUT2D eigenvalue weighted by Gasteiger charge is -2.14. The van der Waals surface area contributed by atoms with Crippen LogP contribution in [-0.2, 0) is 14.8 Å². The summed E-state index contributed by atoms with van der Waals surface area (Å²) in [5.41, 5.74) is 0.791. The van der Waals surface area contributed by atoms with Crippen LogP contribution in [-0.4, -0.2) is 27.6 Å². The Bertz CT molecular complexity index is 1270. The highest BCUT2D eigenvalue weighted by Gasteiger charge is 2.21. The Kier molecular flexibility index (Phi) is 7.07. The van der Waals surface area contributed by atoms with Gasteiger partial charge in [0.1, 0.15) is 24.8 Å². The van der Waals surface area contributed by atoms with Gasteiger partial charge < -0.3 is 9.47 Å². The molecule has 3 aromatic rings. The molecule has 3 aromatic carbocycles. The first-order valence-electron chi connectivity index (χ1n) is 9.48. The molecular formula is C23H19FN2O5S. The van der Waals surface area contributed by atoms with Crippen LogP contribution in [0.15, 0.2) is 71.6 Å². The monoisotopic (exact) mass is 454 g/mol. The first-order valence-corrected chi connectivity index (χ1v) is 11.0. The lowest BCUT2D eigenvalue weighted by atomic mass is 10.2. The lowest BCUT2D eigenvalue weighted by Crippen LogP contribution is -2.18. The van der Waals surface area contributed by atoms with Crippen molar-refractivity contribution in [3.63, 3.8) is 0 Å². The highest BCUT2D eigenvalue weighted by atomic mass is 32.2. The number of halogens is 1. The van der Waals surface area contributed by atoms with Crippen LogP contribution in [0.3, 0.4) is 0 Å². The van der Waals surface area contributed by atoms with Crippen LogP contribution in [0.1, 0.15) is 21.5 Å². The minimum Gasteiger partial charge on any atom is -0.490 e. The molecule has 0 unspecified atom stereocenters. The molecule has 0 amide bonds. The van der Waals surface area contributed by atoms with Gasteiger partial charge in [-0.25, -0.2) is 17.6 Å².